The van der Waals surface area contributed by atoms with E-state index in [9.17, 15) is 27.6 Å². The maximum absolute atomic E-state index is 13.1. The van der Waals surface area contributed by atoms with Crippen LogP contribution in [0, 0.1) is 13.8 Å². The lowest BCUT2D eigenvalue weighted by Crippen LogP contribution is -2.58. The Bertz CT molecular complexity index is 4200. The van der Waals surface area contributed by atoms with Gasteiger partial charge in [0.15, 0.2) is 0 Å². The molecule has 6 heterocycles. The highest BCUT2D eigenvalue weighted by Gasteiger charge is 2.30. The Kier molecular flexibility index (Phi) is 28.9. The second kappa shape index (κ2) is 37.3. The molecule has 0 spiro atoms. The molecule has 0 aliphatic carbocycles. The number of aryl methyl sites for hydroxylation is 2. The molecule has 4 aromatic carbocycles. The van der Waals surface area contributed by atoms with Crippen molar-refractivity contribution < 1.29 is 68.2 Å². The zero-order chi connectivity index (χ0) is 72.4. The van der Waals surface area contributed by atoms with Gasteiger partial charge in [0.05, 0.1) is 60.1 Å². The predicted octanol–water partition coefficient (Wildman–Crippen LogP) is 9.86. The van der Waals surface area contributed by atoms with Crippen LogP contribution in [0.1, 0.15) is 70.7 Å². The molecule has 28 nitrogen and oxygen atoms in total. The first-order valence-electron chi connectivity index (χ1n) is 31.9. The number of pyridine rings is 2. The third kappa shape index (κ3) is 27.8. The number of hydrogen-bond donors (Lipinski definition) is 4. The number of benzene rings is 4. The molecule has 2 saturated heterocycles. The van der Waals surface area contributed by atoms with Crippen LogP contribution in [0.4, 0.5) is 44.2 Å². The minimum Gasteiger partial charge on any atom is -0.748 e. The van der Waals surface area contributed by atoms with Gasteiger partial charge in [0, 0.05) is 141 Å². The number of nitrogens with zero attached hydrogens (tertiary/aromatic N) is 10. The summed E-state index contributed by atoms with van der Waals surface area (Å²) in [5.74, 6) is 0.600. The van der Waals surface area contributed by atoms with Crippen molar-refractivity contribution in [1.29, 1.82) is 0 Å². The molecule has 0 bridgehead atoms. The molecule has 4 aromatic heterocycles. The van der Waals surface area contributed by atoms with Crippen LogP contribution in [0.15, 0.2) is 159 Å². The Balaban J connectivity index is 0.000000228. The van der Waals surface area contributed by atoms with E-state index in [1.165, 1.54) is 5.56 Å². The Hall–Kier alpha value is -9.92. The fourth-order valence-corrected chi connectivity index (χ4v) is 9.87. The van der Waals surface area contributed by atoms with Crippen LogP contribution in [-0.4, -0.2) is 199 Å². The Morgan fingerprint density at radius 3 is 1.39 bits per heavy atom. The molecule has 2 amide bonds. The fraction of sp³-hybridized carbons (Fsp3) is 0.343. The number of rotatable bonds is 21. The van der Waals surface area contributed by atoms with E-state index < -0.39 is 39.3 Å². The quantitative estimate of drug-likeness (QED) is 0.0171. The van der Waals surface area contributed by atoms with Gasteiger partial charge in [-0.2, -0.15) is 8.42 Å². The summed E-state index contributed by atoms with van der Waals surface area (Å²) < 4.78 is 72.0. The number of carbonyl (C=O) groups is 4. The van der Waals surface area contributed by atoms with Crippen molar-refractivity contribution in [3.05, 3.63) is 192 Å². The molecule has 4 N–H and O–H groups in total. The monoisotopic (exact) mass is 1410 g/mol. The van der Waals surface area contributed by atoms with Gasteiger partial charge >= 0.3 is 12.3 Å². The SMILES string of the molecule is CC(C)OC(=O)OCOS(C)(=O)=O.CS(=O)(=O)[O-].Cc1ccc(NC(=O)c2ccc(CN3CCN(C)CC3)cc2)cc1Nc1nccc(-c2cccnc2)n1.Cc1ccc(NC(=O)c2ccc(CN3CC[N+](C)(COC(=O)OC(C)C)CC3)cc2)cc1Nc1nccc(-c2cccnc2)n1. The first kappa shape index (κ1) is 77.4. The molecule has 0 radical (unpaired) electrons. The van der Waals surface area contributed by atoms with Gasteiger partial charge in [0.2, 0.25) is 25.4 Å². The molecule has 0 saturated carbocycles. The molecule has 0 atom stereocenters. The van der Waals surface area contributed by atoms with Crippen LogP contribution in [0.2, 0.25) is 0 Å². The van der Waals surface area contributed by atoms with E-state index in [1.807, 2.05) is 135 Å². The van der Waals surface area contributed by atoms with Crippen LogP contribution in [0.25, 0.3) is 22.5 Å². The number of ether oxygens (including phenoxy) is 4. The first-order chi connectivity index (χ1) is 47.5. The lowest BCUT2D eigenvalue weighted by Gasteiger charge is -2.41. The Morgan fingerprint density at radius 2 is 0.990 bits per heavy atom. The van der Waals surface area contributed by atoms with Gasteiger partial charge in [0.1, 0.15) is 0 Å². The van der Waals surface area contributed by atoms with Crippen LogP contribution in [-0.2, 0) is 56.5 Å². The summed E-state index contributed by atoms with van der Waals surface area (Å²) in [5.41, 5.74) is 11.9. The van der Waals surface area contributed by atoms with Crippen LogP contribution in [0.3, 0.4) is 0 Å². The highest BCUT2D eigenvalue weighted by molar-refractivity contribution is 7.86. The highest BCUT2D eigenvalue weighted by atomic mass is 32.2. The smallest absolute Gasteiger partial charge is 0.512 e. The standard InChI is InChI=1S/C34H39N7O4.C29H31N7O.C6H12O6S.CH4O3S/c1-24(2)45-34(43)44-23-41(4)18-16-40(17-19-41)22-26-8-10-27(11-9-26)32(42)37-29-12-7-25(3)31(20-29)39-33-36-15-13-30(38-33)28-6-5-14-35-21-28;1-21-5-10-25(18-27(21)34-29-31-13-11-26(33-29)24-4-3-12-30-19-24)32-28(37)23-8-6-22(7-9-23)20-36-16-14-35(2)15-17-36;1-5(2)12-6(7)10-4-11-13(3,8)9;1-5(2,3)4/h5-15,20-21,24H,16-19,22-23H2,1-4H3,(H-,36,37,38,39,42);3-13,18-19H,14-17,20H2,1-2H3,(H,32,37)(H,31,33,34);5H,4H2,1-3H3;1H3,(H,2,3,4). The van der Waals surface area contributed by atoms with Crippen molar-refractivity contribution >= 4 is 79.0 Å². The van der Waals surface area contributed by atoms with Crippen molar-refractivity contribution in [3.8, 4) is 22.5 Å². The maximum Gasteiger partial charge on any atom is 0.512 e. The van der Waals surface area contributed by atoms with E-state index in [2.05, 4.69) is 93.6 Å². The summed E-state index contributed by atoms with van der Waals surface area (Å²) in [6.07, 6.45) is 9.77. The number of anilines is 6. The van der Waals surface area contributed by atoms with E-state index >= 15 is 0 Å². The highest BCUT2D eigenvalue weighted by Crippen LogP contribution is 2.27. The predicted molar refractivity (Wildman–Crippen MR) is 379 cm³/mol. The van der Waals surface area contributed by atoms with E-state index in [4.69, 9.17) is 22.4 Å². The van der Waals surface area contributed by atoms with Crippen molar-refractivity contribution in [3.63, 3.8) is 0 Å². The lowest BCUT2D eigenvalue weighted by molar-refractivity contribution is -0.929. The largest absolute Gasteiger partial charge is 0.748 e. The number of piperazine rings is 2. The number of carbonyl (C=O) groups excluding carboxylic acids is 4. The molecule has 2 aliphatic heterocycles. The van der Waals surface area contributed by atoms with E-state index in [1.54, 1.807) is 64.9 Å². The minimum atomic E-state index is -3.92. The summed E-state index contributed by atoms with van der Waals surface area (Å²) in [4.78, 5) is 81.9. The van der Waals surface area contributed by atoms with Gasteiger partial charge in [-0.25, -0.2) is 42.1 Å². The molecule has 0 unspecified atom stereocenters. The summed E-state index contributed by atoms with van der Waals surface area (Å²) >= 11 is 0. The number of quaternary nitrogens is 1. The van der Waals surface area contributed by atoms with Gasteiger partial charge in [-0.1, -0.05) is 36.4 Å². The third-order valence-electron chi connectivity index (χ3n) is 15.1. The number of amides is 2. The summed E-state index contributed by atoms with van der Waals surface area (Å²) in [5, 5.41) is 12.6. The van der Waals surface area contributed by atoms with Gasteiger partial charge in [-0.15, -0.1) is 0 Å². The number of likely N-dealkylation sites (N-methyl/N-ethyl adjacent to an activating group) is 2. The van der Waals surface area contributed by atoms with Gasteiger partial charge < -0.3 is 49.7 Å². The molecular weight excluding hydrogens is 1320 g/mol. The first-order valence-corrected chi connectivity index (χ1v) is 35.6. The lowest BCUT2D eigenvalue weighted by atomic mass is 10.1. The van der Waals surface area contributed by atoms with Crippen LogP contribution < -0.4 is 21.3 Å². The molecular formula is C70H86N14O14S2. The summed E-state index contributed by atoms with van der Waals surface area (Å²) in [6, 6.07) is 38.4. The molecule has 2 fully saturated rings. The minimum absolute atomic E-state index is 0.143. The second-order valence-electron chi connectivity index (χ2n) is 24.4. The molecule has 100 heavy (non-hydrogen) atoms. The zero-order valence-electron chi connectivity index (χ0n) is 57.7. The average molecular weight is 1410 g/mol. The van der Waals surface area contributed by atoms with E-state index in [0.717, 1.165) is 122 Å². The number of hydrogen-bond acceptors (Lipinski definition) is 25. The maximum atomic E-state index is 13.1. The number of aromatic nitrogens is 6. The number of nitrogens with one attached hydrogen (secondary N) is 4. The topological polar surface area (TPSA) is 341 Å². The average Bonchev–Trinajstić information content (AvgIpc) is 0.846. The van der Waals surface area contributed by atoms with Crippen molar-refractivity contribution in [2.24, 2.45) is 0 Å². The fourth-order valence-electron chi connectivity index (χ4n) is 9.65. The molecule has 2 aliphatic rings. The zero-order valence-corrected chi connectivity index (χ0v) is 59.3. The third-order valence-corrected chi connectivity index (χ3v) is 15.6. The molecule has 532 valence electrons. The van der Waals surface area contributed by atoms with Crippen LogP contribution >= 0.6 is 0 Å². The molecule has 10 rings (SSSR count). The molecule has 30 heteroatoms. The second-order valence-corrected chi connectivity index (χ2v) is 27.5. The van der Waals surface area contributed by atoms with Gasteiger partial charge in [-0.05, 0) is 156 Å². The molecule has 8 aromatic rings. The Labute approximate surface area is 583 Å². The van der Waals surface area contributed by atoms with E-state index in [0.29, 0.717) is 51.9 Å². The van der Waals surface area contributed by atoms with Crippen LogP contribution in [0.5, 0.6) is 0 Å². The summed E-state index contributed by atoms with van der Waals surface area (Å²) in [7, 11) is -3.25. The normalized spacial score (nSPS) is 13.9. The van der Waals surface area contributed by atoms with Crippen molar-refractivity contribution in [2.75, 3.05) is 114 Å². The van der Waals surface area contributed by atoms with Gasteiger partial charge in [-0.3, -0.25) is 33.8 Å². The van der Waals surface area contributed by atoms with E-state index in [-0.39, 0.29) is 24.0 Å². The van der Waals surface area contributed by atoms with Crippen molar-refractivity contribution in [2.45, 2.75) is 66.8 Å². The Morgan fingerprint density at radius 1 is 0.570 bits per heavy atom. The van der Waals surface area contributed by atoms with Gasteiger partial charge in [0.25, 0.3) is 21.9 Å². The van der Waals surface area contributed by atoms with Crippen molar-refractivity contribution in [1.82, 2.24) is 44.6 Å². The summed E-state index contributed by atoms with van der Waals surface area (Å²) in [6.45, 7) is 20.0.